The van der Waals surface area contributed by atoms with Crippen molar-refractivity contribution in [2.24, 2.45) is 0 Å². The van der Waals surface area contributed by atoms with E-state index in [1.807, 2.05) is 6.07 Å². The second-order valence-electron chi connectivity index (χ2n) is 3.33. The molecule has 76 valence electrons. The van der Waals surface area contributed by atoms with E-state index in [0.717, 1.165) is 6.42 Å². The molecule has 0 saturated heterocycles. The molecule has 0 atom stereocenters. The van der Waals surface area contributed by atoms with Gasteiger partial charge in [0.05, 0.1) is 0 Å². The van der Waals surface area contributed by atoms with E-state index in [4.69, 9.17) is 0 Å². The van der Waals surface area contributed by atoms with Gasteiger partial charge in [0.25, 0.3) is 0 Å². The van der Waals surface area contributed by atoms with Crippen LogP contribution in [0.2, 0.25) is 0 Å². The van der Waals surface area contributed by atoms with E-state index >= 15 is 0 Å². The van der Waals surface area contributed by atoms with Crippen LogP contribution in [0.25, 0.3) is 0 Å². The Bertz CT molecular complexity index is 331. The van der Waals surface area contributed by atoms with Crippen molar-refractivity contribution in [3.05, 3.63) is 29.3 Å². The zero-order valence-corrected chi connectivity index (χ0v) is 9.78. The van der Waals surface area contributed by atoms with E-state index in [9.17, 15) is 4.79 Å². The van der Waals surface area contributed by atoms with Gasteiger partial charge in [-0.2, -0.15) is 0 Å². The van der Waals surface area contributed by atoms with Crippen LogP contribution in [-0.4, -0.2) is 12.0 Å². The minimum atomic E-state index is 0.234. The lowest BCUT2D eigenvalue weighted by molar-refractivity contribution is -0.116. The lowest BCUT2D eigenvalue weighted by Gasteiger charge is -2.10. The molecule has 14 heavy (non-hydrogen) atoms. The largest absolute Gasteiger partial charge is 0.300 e. The first-order valence-electron chi connectivity index (χ1n) is 4.83. The van der Waals surface area contributed by atoms with E-state index in [1.54, 1.807) is 18.7 Å². The summed E-state index contributed by atoms with van der Waals surface area (Å²) < 4.78 is 0. The summed E-state index contributed by atoms with van der Waals surface area (Å²) in [6, 6.07) is 6.20. The maximum absolute atomic E-state index is 11.1. The second-order valence-corrected chi connectivity index (χ2v) is 4.18. The van der Waals surface area contributed by atoms with Crippen molar-refractivity contribution in [3.63, 3.8) is 0 Å². The third kappa shape index (κ3) is 2.61. The molecular formula is C12H16OS. The van der Waals surface area contributed by atoms with Gasteiger partial charge >= 0.3 is 0 Å². The molecule has 0 unspecified atom stereocenters. The molecule has 0 N–H and O–H groups in total. The predicted molar refractivity (Wildman–Crippen MR) is 62.0 cm³/mol. The fourth-order valence-corrected chi connectivity index (χ4v) is 2.37. The summed E-state index contributed by atoms with van der Waals surface area (Å²) in [4.78, 5) is 12.4. The first kappa shape index (κ1) is 11.3. The standard InChI is InChI=1S/C12H16OS/c1-4-11-10(8-9(2)13)6-5-7-12(11)14-3/h5-7H,4,8H2,1-3H3. The Morgan fingerprint density at radius 2 is 2.14 bits per heavy atom. The number of ketones is 1. The van der Waals surface area contributed by atoms with Gasteiger partial charge in [0, 0.05) is 11.3 Å². The van der Waals surface area contributed by atoms with Gasteiger partial charge in [0.2, 0.25) is 0 Å². The highest BCUT2D eigenvalue weighted by atomic mass is 32.2. The Hall–Kier alpha value is -0.760. The first-order valence-corrected chi connectivity index (χ1v) is 6.05. The van der Waals surface area contributed by atoms with Gasteiger partial charge in [-0.3, -0.25) is 4.79 Å². The summed E-state index contributed by atoms with van der Waals surface area (Å²) in [5.74, 6) is 0.234. The molecule has 0 spiro atoms. The second kappa shape index (κ2) is 5.20. The molecule has 0 saturated carbocycles. The van der Waals surface area contributed by atoms with Crippen LogP contribution in [0.1, 0.15) is 25.0 Å². The molecule has 0 aromatic heterocycles. The van der Waals surface area contributed by atoms with Gasteiger partial charge in [-0.25, -0.2) is 0 Å². The number of Topliss-reactive ketones (excluding diaryl/α,β-unsaturated/α-hetero) is 1. The van der Waals surface area contributed by atoms with Crippen molar-refractivity contribution < 1.29 is 4.79 Å². The summed E-state index contributed by atoms with van der Waals surface area (Å²) >= 11 is 1.75. The van der Waals surface area contributed by atoms with Crippen molar-refractivity contribution in [1.82, 2.24) is 0 Å². The molecule has 0 fully saturated rings. The number of rotatable bonds is 4. The van der Waals surface area contributed by atoms with E-state index in [0.29, 0.717) is 6.42 Å². The molecule has 0 aliphatic rings. The van der Waals surface area contributed by atoms with Crippen molar-refractivity contribution >= 4 is 17.5 Å². The van der Waals surface area contributed by atoms with Crippen molar-refractivity contribution in [3.8, 4) is 0 Å². The highest BCUT2D eigenvalue weighted by Crippen LogP contribution is 2.24. The summed E-state index contributed by atoms with van der Waals surface area (Å²) in [7, 11) is 0. The number of thioether (sulfide) groups is 1. The van der Waals surface area contributed by atoms with Gasteiger partial charge in [-0.05, 0) is 36.8 Å². The van der Waals surface area contributed by atoms with Crippen molar-refractivity contribution in [2.45, 2.75) is 31.6 Å². The Morgan fingerprint density at radius 3 is 2.64 bits per heavy atom. The molecule has 1 rings (SSSR count). The van der Waals surface area contributed by atoms with Gasteiger partial charge < -0.3 is 0 Å². The number of hydrogen-bond acceptors (Lipinski definition) is 2. The van der Waals surface area contributed by atoms with Crippen LogP contribution < -0.4 is 0 Å². The zero-order chi connectivity index (χ0) is 10.6. The predicted octanol–water partition coefficient (Wildman–Crippen LogP) is 3.10. The highest BCUT2D eigenvalue weighted by Gasteiger charge is 2.07. The van der Waals surface area contributed by atoms with Crippen molar-refractivity contribution in [1.29, 1.82) is 0 Å². The summed E-state index contributed by atoms with van der Waals surface area (Å²) in [6.45, 7) is 3.78. The van der Waals surface area contributed by atoms with E-state index in [2.05, 4.69) is 25.3 Å². The van der Waals surface area contributed by atoms with Gasteiger partial charge in [0.1, 0.15) is 5.78 Å². The normalized spacial score (nSPS) is 10.2. The Labute approximate surface area is 89.9 Å². The van der Waals surface area contributed by atoms with Gasteiger partial charge in [-0.1, -0.05) is 19.1 Å². The van der Waals surface area contributed by atoms with Crippen molar-refractivity contribution in [2.75, 3.05) is 6.26 Å². The first-order chi connectivity index (χ1) is 6.69. The minimum absolute atomic E-state index is 0.234. The summed E-state index contributed by atoms with van der Waals surface area (Å²) in [5.41, 5.74) is 2.52. The fraction of sp³-hybridized carbons (Fsp3) is 0.417. The number of carbonyl (C=O) groups excluding carboxylic acids is 1. The van der Waals surface area contributed by atoms with Crippen LogP contribution in [0.5, 0.6) is 0 Å². The molecule has 2 heteroatoms. The molecule has 1 aromatic rings. The smallest absolute Gasteiger partial charge is 0.134 e. The third-order valence-corrected chi connectivity index (χ3v) is 3.07. The molecule has 1 aromatic carbocycles. The van der Waals surface area contributed by atoms with Crippen LogP contribution in [0.3, 0.4) is 0 Å². The lowest BCUT2D eigenvalue weighted by Crippen LogP contribution is -2.01. The quantitative estimate of drug-likeness (QED) is 0.707. The van der Waals surface area contributed by atoms with Crippen LogP contribution in [0.15, 0.2) is 23.1 Å². The van der Waals surface area contributed by atoms with Crippen LogP contribution in [0, 0.1) is 0 Å². The lowest BCUT2D eigenvalue weighted by atomic mass is 10.0. The van der Waals surface area contributed by atoms with E-state index in [1.165, 1.54) is 16.0 Å². The van der Waals surface area contributed by atoms with Crippen LogP contribution >= 0.6 is 11.8 Å². The summed E-state index contributed by atoms with van der Waals surface area (Å²) in [5, 5.41) is 0. The SMILES string of the molecule is CCc1c(CC(C)=O)cccc1SC. The average Bonchev–Trinajstić information content (AvgIpc) is 2.16. The Morgan fingerprint density at radius 1 is 1.43 bits per heavy atom. The zero-order valence-electron chi connectivity index (χ0n) is 8.96. The Kier molecular flexibility index (Phi) is 4.21. The number of benzene rings is 1. The highest BCUT2D eigenvalue weighted by molar-refractivity contribution is 7.98. The van der Waals surface area contributed by atoms with Gasteiger partial charge in [0.15, 0.2) is 0 Å². The third-order valence-electron chi connectivity index (χ3n) is 2.24. The van der Waals surface area contributed by atoms with Crippen LogP contribution in [0.4, 0.5) is 0 Å². The Balaban J connectivity index is 3.08. The van der Waals surface area contributed by atoms with E-state index in [-0.39, 0.29) is 5.78 Å². The summed E-state index contributed by atoms with van der Waals surface area (Å²) in [6.07, 6.45) is 3.64. The maximum Gasteiger partial charge on any atom is 0.134 e. The molecule has 0 bridgehead atoms. The molecule has 0 aliphatic carbocycles. The minimum Gasteiger partial charge on any atom is -0.300 e. The average molecular weight is 208 g/mol. The van der Waals surface area contributed by atoms with Crippen LogP contribution in [-0.2, 0) is 17.6 Å². The topological polar surface area (TPSA) is 17.1 Å². The molecule has 1 nitrogen and oxygen atoms in total. The molecule has 0 amide bonds. The molecule has 0 radical (unpaired) electrons. The molecule has 0 aliphatic heterocycles. The van der Waals surface area contributed by atoms with E-state index < -0.39 is 0 Å². The van der Waals surface area contributed by atoms with Gasteiger partial charge in [-0.15, -0.1) is 11.8 Å². The molecule has 0 heterocycles. The molecular weight excluding hydrogens is 192 g/mol. The maximum atomic E-state index is 11.1. The monoisotopic (exact) mass is 208 g/mol. The fourth-order valence-electron chi connectivity index (χ4n) is 1.64. The number of hydrogen-bond donors (Lipinski definition) is 0. The number of carbonyl (C=O) groups is 1.